The van der Waals surface area contributed by atoms with E-state index in [2.05, 4.69) is 5.32 Å². The second-order valence-corrected chi connectivity index (χ2v) is 7.81. The third kappa shape index (κ3) is 4.94. The zero-order valence-electron chi connectivity index (χ0n) is 14.6. The van der Waals surface area contributed by atoms with Crippen LogP contribution in [0.2, 0.25) is 5.02 Å². The lowest BCUT2D eigenvalue weighted by Gasteiger charge is -2.18. The molecule has 0 heterocycles. The first-order valence-electron chi connectivity index (χ1n) is 8.22. The smallest absolute Gasteiger partial charge is 0.248 e. The first kappa shape index (κ1) is 20.2. The van der Waals surface area contributed by atoms with E-state index >= 15 is 0 Å². The highest BCUT2D eigenvalue weighted by molar-refractivity contribution is 7.89. The van der Waals surface area contributed by atoms with Gasteiger partial charge in [0.15, 0.2) is 0 Å². The van der Waals surface area contributed by atoms with E-state index in [-0.39, 0.29) is 10.8 Å². The van der Waals surface area contributed by atoms with Crippen molar-refractivity contribution >= 4 is 39.3 Å². The minimum Gasteiger partial charge on any atom is -0.322 e. The molecular formula is C19H21ClN2O3S. The average molecular weight is 393 g/mol. The predicted octanol–water partition coefficient (Wildman–Crippen LogP) is 4.02. The van der Waals surface area contributed by atoms with E-state index in [9.17, 15) is 13.2 Å². The fourth-order valence-electron chi connectivity index (χ4n) is 2.41. The first-order chi connectivity index (χ1) is 12.4. The minimum atomic E-state index is -3.57. The van der Waals surface area contributed by atoms with Crippen molar-refractivity contribution in [3.63, 3.8) is 0 Å². The number of nitrogens with one attached hydrogen (secondary N) is 1. The Morgan fingerprint density at radius 1 is 1.12 bits per heavy atom. The van der Waals surface area contributed by atoms with Gasteiger partial charge >= 0.3 is 0 Å². The molecule has 1 amide bonds. The fourth-order valence-corrected chi connectivity index (χ4v) is 4.11. The maximum Gasteiger partial charge on any atom is 0.248 e. The van der Waals surface area contributed by atoms with Gasteiger partial charge in [0.25, 0.3) is 0 Å². The van der Waals surface area contributed by atoms with Crippen LogP contribution in [0.4, 0.5) is 5.69 Å². The maximum absolute atomic E-state index is 12.6. The molecule has 0 spiro atoms. The van der Waals surface area contributed by atoms with Gasteiger partial charge in [-0.25, -0.2) is 8.42 Å². The largest absolute Gasteiger partial charge is 0.322 e. The molecule has 0 aliphatic rings. The zero-order valence-corrected chi connectivity index (χ0v) is 16.2. The molecule has 0 unspecified atom stereocenters. The maximum atomic E-state index is 12.6. The Kier molecular flexibility index (Phi) is 6.97. The van der Waals surface area contributed by atoms with Crippen LogP contribution in [0.3, 0.4) is 0 Å². The van der Waals surface area contributed by atoms with E-state index in [4.69, 9.17) is 11.6 Å². The van der Waals surface area contributed by atoms with Crippen LogP contribution < -0.4 is 5.32 Å². The van der Waals surface area contributed by atoms with Gasteiger partial charge in [0, 0.05) is 29.9 Å². The minimum absolute atomic E-state index is 0.147. The van der Waals surface area contributed by atoms with Crippen LogP contribution >= 0.6 is 11.6 Å². The molecule has 0 aliphatic carbocycles. The van der Waals surface area contributed by atoms with Crippen LogP contribution in [0.25, 0.3) is 6.08 Å². The highest BCUT2D eigenvalue weighted by atomic mass is 35.5. The number of hydrogen-bond acceptors (Lipinski definition) is 3. The fraction of sp³-hybridized carbons (Fsp3) is 0.211. The highest BCUT2D eigenvalue weighted by Crippen LogP contribution is 2.20. The van der Waals surface area contributed by atoms with Gasteiger partial charge in [0.05, 0.1) is 4.90 Å². The van der Waals surface area contributed by atoms with E-state index < -0.39 is 10.0 Å². The Morgan fingerprint density at radius 3 is 2.46 bits per heavy atom. The second-order valence-electron chi connectivity index (χ2n) is 5.46. The summed E-state index contributed by atoms with van der Waals surface area (Å²) in [6.07, 6.45) is 2.96. The van der Waals surface area contributed by atoms with Crippen LogP contribution in [-0.4, -0.2) is 31.7 Å². The van der Waals surface area contributed by atoms with Crippen LogP contribution in [0, 0.1) is 0 Å². The summed E-state index contributed by atoms with van der Waals surface area (Å²) in [6.45, 7) is 4.34. The summed E-state index contributed by atoms with van der Waals surface area (Å²) in [6, 6.07) is 13.4. The standard InChI is InChI=1S/C19H21ClN2O3S/c1-3-22(4-2)26(24,25)17-10-7-9-16(14-17)21-19(23)13-12-15-8-5-6-11-18(15)20/h5-14H,3-4H2,1-2H3,(H,21,23)/b13-12+. The summed E-state index contributed by atoms with van der Waals surface area (Å²) in [5, 5.41) is 3.21. The van der Waals surface area contributed by atoms with Crippen LogP contribution in [-0.2, 0) is 14.8 Å². The van der Waals surface area contributed by atoms with E-state index in [0.29, 0.717) is 23.8 Å². The number of nitrogens with zero attached hydrogens (tertiary/aromatic N) is 1. The van der Waals surface area contributed by atoms with Crippen molar-refractivity contribution < 1.29 is 13.2 Å². The van der Waals surface area contributed by atoms with Gasteiger partial charge in [-0.3, -0.25) is 4.79 Å². The van der Waals surface area contributed by atoms with Gasteiger partial charge in [-0.15, -0.1) is 0 Å². The lowest BCUT2D eigenvalue weighted by molar-refractivity contribution is -0.111. The molecule has 0 saturated heterocycles. The molecule has 0 saturated carbocycles. The molecule has 0 fully saturated rings. The Morgan fingerprint density at radius 2 is 1.81 bits per heavy atom. The summed E-state index contributed by atoms with van der Waals surface area (Å²) < 4.78 is 26.5. The number of carbonyl (C=O) groups excluding carboxylic acids is 1. The van der Waals surface area contributed by atoms with Crippen molar-refractivity contribution in [2.45, 2.75) is 18.7 Å². The number of amides is 1. The molecule has 0 aliphatic heterocycles. The Labute approximate surface area is 159 Å². The van der Waals surface area contributed by atoms with Crippen molar-refractivity contribution in [3.05, 3.63) is 65.2 Å². The van der Waals surface area contributed by atoms with E-state index in [0.717, 1.165) is 5.56 Å². The molecule has 2 aromatic carbocycles. The Hall–Kier alpha value is -2.15. The van der Waals surface area contributed by atoms with Crippen LogP contribution in [0.5, 0.6) is 0 Å². The molecule has 138 valence electrons. The normalized spacial score (nSPS) is 11.8. The third-order valence-corrected chi connectivity index (χ3v) is 6.15. The van der Waals surface area contributed by atoms with Crippen molar-refractivity contribution in [3.8, 4) is 0 Å². The number of rotatable bonds is 7. The average Bonchev–Trinajstić information content (AvgIpc) is 2.62. The SMILES string of the molecule is CCN(CC)S(=O)(=O)c1cccc(NC(=O)/C=C/c2ccccc2Cl)c1. The quantitative estimate of drug-likeness (QED) is 0.723. The van der Waals surface area contributed by atoms with Crippen molar-refractivity contribution in [2.24, 2.45) is 0 Å². The molecule has 7 heteroatoms. The molecule has 2 rings (SSSR count). The van der Waals surface area contributed by atoms with Crippen molar-refractivity contribution in [2.75, 3.05) is 18.4 Å². The Bertz CT molecular complexity index is 907. The zero-order chi connectivity index (χ0) is 19.2. The molecule has 5 nitrogen and oxygen atoms in total. The number of carbonyl (C=O) groups is 1. The van der Waals surface area contributed by atoms with Gasteiger partial charge in [-0.2, -0.15) is 4.31 Å². The number of anilines is 1. The van der Waals surface area contributed by atoms with Crippen molar-refractivity contribution in [1.82, 2.24) is 4.31 Å². The lowest BCUT2D eigenvalue weighted by atomic mass is 10.2. The molecular weight excluding hydrogens is 372 g/mol. The van der Waals surface area contributed by atoms with E-state index in [1.807, 2.05) is 12.1 Å². The van der Waals surface area contributed by atoms with Gasteiger partial charge in [0.2, 0.25) is 15.9 Å². The topological polar surface area (TPSA) is 66.5 Å². The van der Waals surface area contributed by atoms with Crippen LogP contribution in [0.15, 0.2) is 59.5 Å². The molecule has 0 bridgehead atoms. The number of hydrogen-bond donors (Lipinski definition) is 1. The van der Waals surface area contributed by atoms with Gasteiger partial charge in [-0.05, 0) is 35.9 Å². The lowest BCUT2D eigenvalue weighted by Crippen LogP contribution is -2.30. The first-order valence-corrected chi connectivity index (χ1v) is 10.0. The molecule has 26 heavy (non-hydrogen) atoms. The molecule has 0 aromatic heterocycles. The highest BCUT2D eigenvalue weighted by Gasteiger charge is 2.21. The predicted molar refractivity (Wildman–Crippen MR) is 106 cm³/mol. The van der Waals surface area contributed by atoms with Crippen LogP contribution in [0.1, 0.15) is 19.4 Å². The van der Waals surface area contributed by atoms with Gasteiger partial charge < -0.3 is 5.32 Å². The number of halogens is 1. The summed E-state index contributed by atoms with van der Waals surface area (Å²) in [5.74, 6) is -0.373. The van der Waals surface area contributed by atoms with Gasteiger partial charge in [-0.1, -0.05) is 49.7 Å². The summed E-state index contributed by atoms with van der Waals surface area (Å²) in [5.41, 5.74) is 1.13. The third-order valence-electron chi connectivity index (χ3n) is 3.76. The van der Waals surface area contributed by atoms with E-state index in [1.165, 1.54) is 22.5 Å². The van der Waals surface area contributed by atoms with Gasteiger partial charge in [0.1, 0.15) is 0 Å². The molecule has 1 N–H and O–H groups in total. The molecule has 0 atom stereocenters. The Balaban J connectivity index is 2.16. The molecule has 0 radical (unpaired) electrons. The molecule has 2 aromatic rings. The number of sulfonamides is 1. The van der Waals surface area contributed by atoms with Crippen molar-refractivity contribution in [1.29, 1.82) is 0 Å². The number of benzene rings is 2. The second kappa shape index (κ2) is 8.98. The summed E-state index contributed by atoms with van der Waals surface area (Å²) >= 11 is 6.04. The monoisotopic (exact) mass is 392 g/mol. The summed E-state index contributed by atoms with van der Waals surface area (Å²) in [7, 11) is -3.57. The summed E-state index contributed by atoms with van der Waals surface area (Å²) in [4.78, 5) is 12.3. The van der Waals surface area contributed by atoms with E-state index in [1.54, 1.807) is 44.2 Å².